The number of urea groups is 1. The predicted octanol–water partition coefficient (Wildman–Crippen LogP) is 4.19. The lowest BCUT2D eigenvalue weighted by atomic mass is 10.1. The molecule has 0 fully saturated rings. The maximum Gasteiger partial charge on any atom is 0.325 e. The highest BCUT2D eigenvalue weighted by Crippen LogP contribution is 2.29. The van der Waals surface area contributed by atoms with Crippen LogP contribution in [-0.4, -0.2) is 27.4 Å². The van der Waals surface area contributed by atoms with E-state index in [0.29, 0.717) is 21.7 Å². The van der Waals surface area contributed by atoms with Gasteiger partial charge in [-0.2, -0.15) is 0 Å². The van der Waals surface area contributed by atoms with E-state index in [1.54, 1.807) is 13.2 Å². The number of nitrogens with one attached hydrogen (secondary N) is 3. The number of anilines is 2. The fourth-order valence-corrected chi connectivity index (χ4v) is 4.32. The van der Waals surface area contributed by atoms with Crippen LogP contribution < -0.4 is 16.0 Å². The standard InChI is InChI=1S/C19H21N5O3S2/c1-11-6-7-15(12(2)9-11)21-17(26)22-16(25)13(3)28-19-24-23-18(29-19)20-10-14-5-4-8-27-14/h4-9,13H,10H2,1-3H3,(H,20,23)(H2,21,22,25,26). The summed E-state index contributed by atoms with van der Waals surface area (Å²) in [5, 5.41) is 16.4. The minimum Gasteiger partial charge on any atom is -0.467 e. The van der Waals surface area contributed by atoms with Crippen LogP contribution in [0.1, 0.15) is 23.8 Å². The smallest absolute Gasteiger partial charge is 0.325 e. The normalized spacial score (nSPS) is 11.7. The zero-order valence-electron chi connectivity index (χ0n) is 16.2. The molecule has 1 unspecified atom stereocenters. The third kappa shape index (κ3) is 6.06. The number of hydrogen-bond donors (Lipinski definition) is 3. The van der Waals surface area contributed by atoms with E-state index in [1.807, 2.05) is 44.2 Å². The van der Waals surface area contributed by atoms with Gasteiger partial charge in [0.05, 0.1) is 18.1 Å². The molecule has 2 heterocycles. The lowest BCUT2D eigenvalue weighted by Crippen LogP contribution is -2.39. The summed E-state index contributed by atoms with van der Waals surface area (Å²) in [5.74, 6) is 0.384. The maximum absolute atomic E-state index is 12.3. The molecule has 0 aliphatic rings. The molecule has 0 saturated heterocycles. The van der Waals surface area contributed by atoms with Gasteiger partial charge < -0.3 is 15.1 Å². The van der Waals surface area contributed by atoms with Crippen molar-refractivity contribution in [3.63, 3.8) is 0 Å². The number of nitrogens with zero attached hydrogens (tertiary/aromatic N) is 2. The van der Waals surface area contributed by atoms with Gasteiger partial charge in [0.15, 0.2) is 4.34 Å². The molecule has 29 heavy (non-hydrogen) atoms. The van der Waals surface area contributed by atoms with E-state index in [1.165, 1.54) is 23.1 Å². The highest BCUT2D eigenvalue weighted by atomic mass is 32.2. The Morgan fingerprint density at radius 2 is 2.07 bits per heavy atom. The van der Waals surface area contributed by atoms with Gasteiger partial charge in [0.1, 0.15) is 5.76 Å². The van der Waals surface area contributed by atoms with Gasteiger partial charge in [0.25, 0.3) is 0 Å². The van der Waals surface area contributed by atoms with Crippen molar-refractivity contribution >= 4 is 45.9 Å². The van der Waals surface area contributed by atoms with Crippen molar-refractivity contribution in [2.75, 3.05) is 10.6 Å². The molecule has 1 aromatic carbocycles. The van der Waals surface area contributed by atoms with E-state index in [0.717, 1.165) is 16.9 Å². The van der Waals surface area contributed by atoms with Crippen LogP contribution in [0.25, 0.3) is 0 Å². The fraction of sp³-hybridized carbons (Fsp3) is 0.263. The zero-order valence-corrected chi connectivity index (χ0v) is 17.8. The maximum atomic E-state index is 12.3. The second kappa shape index (κ2) is 9.57. The topological polar surface area (TPSA) is 109 Å². The summed E-state index contributed by atoms with van der Waals surface area (Å²) in [5.41, 5.74) is 2.70. The summed E-state index contributed by atoms with van der Waals surface area (Å²) in [6.45, 7) is 6.09. The summed E-state index contributed by atoms with van der Waals surface area (Å²) in [6.07, 6.45) is 1.61. The van der Waals surface area contributed by atoms with Crippen LogP contribution in [0, 0.1) is 13.8 Å². The van der Waals surface area contributed by atoms with Crippen LogP contribution >= 0.6 is 23.1 Å². The number of benzene rings is 1. The molecule has 0 spiro atoms. The Hall–Kier alpha value is -2.85. The molecule has 0 radical (unpaired) electrons. The molecule has 0 aliphatic carbocycles. The number of carbonyl (C=O) groups excluding carboxylic acids is 2. The Kier molecular flexibility index (Phi) is 6.89. The van der Waals surface area contributed by atoms with Crippen molar-refractivity contribution in [2.24, 2.45) is 0 Å². The molecule has 3 aromatic rings. The predicted molar refractivity (Wildman–Crippen MR) is 114 cm³/mol. The van der Waals surface area contributed by atoms with Crippen molar-refractivity contribution in [3.05, 3.63) is 53.5 Å². The Balaban J connectivity index is 1.48. The van der Waals surface area contributed by atoms with E-state index in [9.17, 15) is 9.59 Å². The first-order chi connectivity index (χ1) is 13.9. The summed E-state index contributed by atoms with van der Waals surface area (Å²) in [7, 11) is 0. The highest BCUT2D eigenvalue weighted by molar-refractivity contribution is 8.02. The van der Waals surface area contributed by atoms with Crippen molar-refractivity contribution in [2.45, 2.75) is 36.9 Å². The molecule has 0 saturated carbocycles. The van der Waals surface area contributed by atoms with Gasteiger partial charge in [-0.05, 0) is 44.5 Å². The summed E-state index contributed by atoms with van der Waals surface area (Å²) < 4.78 is 5.88. The van der Waals surface area contributed by atoms with Gasteiger partial charge in [-0.25, -0.2) is 4.79 Å². The van der Waals surface area contributed by atoms with Gasteiger partial charge in [-0.3, -0.25) is 10.1 Å². The number of aryl methyl sites for hydroxylation is 2. The zero-order chi connectivity index (χ0) is 20.8. The van der Waals surface area contributed by atoms with E-state index in [-0.39, 0.29) is 0 Å². The van der Waals surface area contributed by atoms with Gasteiger partial charge >= 0.3 is 6.03 Å². The van der Waals surface area contributed by atoms with Gasteiger partial charge in [-0.1, -0.05) is 40.8 Å². The van der Waals surface area contributed by atoms with Crippen molar-refractivity contribution in [1.29, 1.82) is 0 Å². The summed E-state index contributed by atoms with van der Waals surface area (Å²) in [4.78, 5) is 24.4. The highest BCUT2D eigenvalue weighted by Gasteiger charge is 2.19. The van der Waals surface area contributed by atoms with Crippen LogP contribution in [0.2, 0.25) is 0 Å². The molecular formula is C19H21N5O3S2. The van der Waals surface area contributed by atoms with E-state index >= 15 is 0 Å². The molecule has 3 N–H and O–H groups in total. The number of thioether (sulfide) groups is 1. The molecule has 1 atom stereocenters. The number of furan rings is 1. The molecule has 8 nitrogen and oxygen atoms in total. The van der Waals surface area contributed by atoms with Crippen LogP contribution in [0.5, 0.6) is 0 Å². The SMILES string of the molecule is Cc1ccc(NC(=O)NC(=O)C(C)Sc2nnc(NCc3ccco3)s2)c(C)c1. The monoisotopic (exact) mass is 431 g/mol. The quantitative estimate of drug-likeness (QED) is 0.481. The second-order valence-corrected chi connectivity index (χ2v) is 8.89. The first-order valence-corrected chi connectivity index (χ1v) is 10.6. The van der Waals surface area contributed by atoms with Crippen molar-refractivity contribution in [1.82, 2.24) is 15.5 Å². The molecule has 3 amide bonds. The number of rotatable bonds is 7. The number of carbonyl (C=O) groups is 2. The number of amides is 3. The molecule has 152 valence electrons. The minimum atomic E-state index is -0.563. The fourth-order valence-electron chi connectivity index (χ4n) is 2.43. The first kappa shape index (κ1) is 20.9. The lowest BCUT2D eigenvalue weighted by Gasteiger charge is -2.12. The van der Waals surface area contributed by atoms with Gasteiger partial charge in [0, 0.05) is 5.69 Å². The average Bonchev–Trinajstić information content (AvgIpc) is 3.34. The van der Waals surface area contributed by atoms with Crippen LogP contribution in [-0.2, 0) is 11.3 Å². The molecule has 10 heteroatoms. The Morgan fingerprint density at radius 1 is 1.24 bits per heavy atom. The van der Waals surface area contributed by atoms with Crippen LogP contribution in [0.4, 0.5) is 15.6 Å². The van der Waals surface area contributed by atoms with E-state index < -0.39 is 17.2 Å². The van der Waals surface area contributed by atoms with Gasteiger partial charge in [-0.15, -0.1) is 10.2 Å². The Bertz CT molecular complexity index is 988. The lowest BCUT2D eigenvalue weighted by molar-refractivity contribution is -0.119. The molecule has 2 aromatic heterocycles. The Morgan fingerprint density at radius 3 is 2.79 bits per heavy atom. The number of aromatic nitrogens is 2. The third-order valence-corrected chi connectivity index (χ3v) is 5.98. The van der Waals surface area contributed by atoms with Crippen molar-refractivity contribution in [3.8, 4) is 0 Å². The molecule has 3 rings (SSSR count). The molecule has 0 bridgehead atoms. The molecular weight excluding hydrogens is 410 g/mol. The number of hydrogen-bond acceptors (Lipinski definition) is 8. The number of imide groups is 1. The first-order valence-electron chi connectivity index (χ1n) is 8.86. The average molecular weight is 432 g/mol. The summed E-state index contributed by atoms with van der Waals surface area (Å²) >= 11 is 2.57. The minimum absolute atomic E-state index is 0.405. The van der Waals surface area contributed by atoms with Crippen LogP contribution in [0.3, 0.4) is 0 Å². The summed E-state index contributed by atoms with van der Waals surface area (Å²) in [6, 6.07) is 8.78. The van der Waals surface area contributed by atoms with Crippen LogP contribution in [0.15, 0.2) is 45.4 Å². The van der Waals surface area contributed by atoms with E-state index in [4.69, 9.17) is 4.42 Å². The Labute approximate surface area is 176 Å². The third-order valence-electron chi connectivity index (χ3n) is 3.91. The largest absolute Gasteiger partial charge is 0.467 e. The van der Waals surface area contributed by atoms with Gasteiger partial charge in [0.2, 0.25) is 11.0 Å². The van der Waals surface area contributed by atoms with Crippen molar-refractivity contribution < 1.29 is 14.0 Å². The molecule has 0 aliphatic heterocycles. The second-order valence-electron chi connectivity index (χ2n) is 6.33. The van der Waals surface area contributed by atoms with E-state index in [2.05, 4.69) is 26.1 Å².